The predicted molar refractivity (Wildman–Crippen MR) is 101 cm³/mol. The molecule has 3 aromatic rings. The number of thiocarbonyl (C=S) groups is 1. The standard InChI is InChI=1S/C18H13N3O3S/c22-17(14-9-8-12-4-1-2-5-13(12)10-14)20-18(25)19-15-6-3-7-16(11-15)21(23)24/h1-11H,(H2,19,20,22,25). The molecule has 0 saturated heterocycles. The second-order valence-electron chi connectivity index (χ2n) is 5.28. The van der Waals surface area contributed by atoms with Gasteiger partial charge in [-0.25, -0.2) is 0 Å². The van der Waals surface area contributed by atoms with E-state index in [9.17, 15) is 14.9 Å². The van der Waals surface area contributed by atoms with Gasteiger partial charge in [-0.15, -0.1) is 0 Å². The number of anilines is 1. The van der Waals surface area contributed by atoms with Crippen molar-refractivity contribution >= 4 is 45.4 Å². The molecular weight excluding hydrogens is 338 g/mol. The van der Waals surface area contributed by atoms with Gasteiger partial charge in [0.25, 0.3) is 11.6 Å². The van der Waals surface area contributed by atoms with Crippen molar-refractivity contribution in [3.8, 4) is 0 Å². The highest BCUT2D eigenvalue weighted by Gasteiger charge is 2.10. The molecule has 0 aliphatic carbocycles. The number of nitrogens with zero attached hydrogens (tertiary/aromatic N) is 1. The van der Waals surface area contributed by atoms with Gasteiger partial charge >= 0.3 is 0 Å². The van der Waals surface area contributed by atoms with Gasteiger partial charge < -0.3 is 5.32 Å². The fraction of sp³-hybridized carbons (Fsp3) is 0. The average Bonchev–Trinajstić information content (AvgIpc) is 2.61. The van der Waals surface area contributed by atoms with E-state index in [4.69, 9.17) is 12.2 Å². The molecule has 0 unspecified atom stereocenters. The molecule has 3 rings (SSSR count). The second kappa shape index (κ2) is 7.06. The molecular formula is C18H13N3O3S. The summed E-state index contributed by atoms with van der Waals surface area (Å²) in [6, 6.07) is 19.0. The van der Waals surface area contributed by atoms with E-state index in [0.29, 0.717) is 11.3 Å². The van der Waals surface area contributed by atoms with Crippen LogP contribution in [0.25, 0.3) is 10.8 Å². The van der Waals surface area contributed by atoms with Gasteiger partial charge in [-0.3, -0.25) is 20.2 Å². The molecule has 0 bridgehead atoms. The summed E-state index contributed by atoms with van der Waals surface area (Å²) < 4.78 is 0. The third kappa shape index (κ3) is 3.96. The molecule has 3 aromatic carbocycles. The largest absolute Gasteiger partial charge is 0.332 e. The Morgan fingerprint density at radius 1 is 0.960 bits per heavy atom. The summed E-state index contributed by atoms with van der Waals surface area (Å²) in [4.78, 5) is 22.6. The third-order valence-corrected chi connectivity index (χ3v) is 3.76. The van der Waals surface area contributed by atoms with E-state index in [0.717, 1.165) is 10.8 Å². The zero-order valence-electron chi connectivity index (χ0n) is 12.9. The summed E-state index contributed by atoms with van der Waals surface area (Å²) in [5, 5.41) is 18.2. The molecule has 0 heterocycles. The first-order valence-electron chi connectivity index (χ1n) is 7.38. The van der Waals surface area contributed by atoms with Crippen LogP contribution >= 0.6 is 12.2 Å². The molecule has 2 N–H and O–H groups in total. The monoisotopic (exact) mass is 351 g/mol. The average molecular weight is 351 g/mol. The van der Waals surface area contributed by atoms with Crippen molar-refractivity contribution in [3.05, 3.63) is 82.4 Å². The van der Waals surface area contributed by atoms with Crippen LogP contribution < -0.4 is 10.6 Å². The lowest BCUT2D eigenvalue weighted by atomic mass is 10.1. The molecule has 25 heavy (non-hydrogen) atoms. The molecule has 0 spiro atoms. The molecule has 0 aromatic heterocycles. The second-order valence-corrected chi connectivity index (χ2v) is 5.69. The van der Waals surface area contributed by atoms with Crippen LogP contribution in [0.4, 0.5) is 11.4 Å². The zero-order valence-corrected chi connectivity index (χ0v) is 13.7. The first-order valence-corrected chi connectivity index (χ1v) is 7.79. The van der Waals surface area contributed by atoms with Crippen LogP contribution in [0.1, 0.15) is 10.4 Å². The third-order valence-electron chi connectivity index (χ3n) is 3.55. The van der Waals surface area contributed by atoms with Crippen LogP contribution in [0.5, 0.6) is 0 Å². The summed E-state index contributed by atoms with van der Waals surface area (Å²) in [5.41, 5.74) is 0.841. The van der Waals surface area contributed by atoms with Crippen molar-refractivity contribution in [2.45, 2.75) is 0 Å². The van der Waals surface area contributed by atoms with Crippen molar-refractivity contribution in [1.29, 1.82) is 0 Å². The maximum absolute atomic E-state index is 12.3. The lowest BCUT2D eigenvalue weighted by Crippen LogP contribution is -2.34. The van der Waals surface area contributed by atoms with Crippen molar-refractivity contribution in [2.75, 3.05) is 5.32 Å². The van der Waals surface area contributed by atoms with Gasteiger partial charge in [0.15, 0.2) is 5.11 Å². The Morgan fingerprint density at radius 3 is 2.48 bits per heavy atom. The van der Waals surface area contributed by atoms with Gasteiger partial charge in [0, 0.05) is 23.4 Å². The number of rotatable bonds is 3. The molecule has 0 aliphatic rings. The highest BCUT2D eigenvalue weighted by molar-refractivity contribution is 7.80. The Balaban J connectivity index is 1.70. The Hall–Kier alpha value is -3.32. The Bertz CT molecular complexity index is 988. The van der Waals surface area contributed by atoms with E-state index in [1.54, 1.807) is 18.2 Å². The number of amides is 1. The lowest BCUT2D eigenvalue weighted by Gasteiger charge is -2.10. The van der Waals surface area contributed by atoms with E-state index in [1.165, 1.54) is 18.2 Å². The van der Waals surface area contributed by atoms with E-state index >= 15 is 0 Å². The maximum Gasteiger partial charge on any atom is 0.271 e. The summed E-state index contributed by atoms with van der Waals surface area (Å²) >= 11 is 5.10. The van der Waals surface area contributed by atoms with Crippen LogP contribution in [-0.2, 0) is 0 Å². The molecule has 1 amide bonds. The smallest absolute Gasteiger partial charge is 0.271 e. The SMILES string of the molecule is O=C(NC(=S)Nc1cccc([N+](=O)[O-])c1)c1ccc2ccccc2c1. The molecule has 0 radical (unpaired) electrons. The van der Waals surface area contributed by atoms with Gasteiger partial charge in [0.1, 0.15) is 0 Å². The molecule has 0 saturated carbocycles. The first kappa shape index (κ1) is 16.5. The molecule has 0 fully saturated rings. The van der Waals surface area contributed by atoms with E-state index < -0.39 is 4.92 Å². The number of nitro benzene ring substituents is 1. The van der Waals surface area contributed by atoms with Gasteiger partial charge in [0.05, 0.1) is 4.92 Å². The number of carbonyl (C=O) groups is 1. The molecule has 124 valence electrons. The van der Waals surface area contributed by atoms with Crippen LogP contribution in [0.15, 0.2) is 66.7 Å². The molecule has 7 heteroatoms. The summed E-state index contributed by atoms with van der Waals surface area (Å²) in [7, 11) is 0. The maximum atomic E-state index is 12.3. The summed E-state index contributed by atoms with van der Waals surface area (Å²) in [5.74, 6) is -0.353. The van der Waals surface area contributed by atoms with Gasteiger partial charge in [0.2, 0.25) is 0 Å². The predicted octanol–water partition coefficient (Wildman–Crippen LogP) is 3.87. The summed E-state index contributed by atoms with van der Waals surface area (Å²) in [6.45, 7) is 0. The van der Waals surface area contributed by atoms with Crippen molar-refractivity contribution < 1.29 is 9.72 Å². The number of benzene rings is 3. The van der Waals surface area contributed by atoms with Gasteiger partial charge in [-0.1, -0.05) is 36.4 Å². The Kier molecular flexibility index (Phi) is 4.67. The number of hydrogen-bond acceptors (Lipinski definition) is 4. The Labute approximate surface area is 148 Å². The van der Waals surface area contributed by atoms with Crippen molar-refractivity contribution in [1.82, 2.24) is 5.32 Å². The minimum atomic E-state index is -0.498. The van der Waals surface area contributed by atoms with Crippen molar-refractivity contribution in [2.24, 2.45) is 0 Å². The van der Waals surface area contributed by atoms with Crippen LogP contribution in [0.2, 0.25) is 0 Å². The number of carbonyl (C=O) groups excluding carboxylic acids is 1. The highest BCUT2D eigenvalue weighted by atomic mass is 32.1. The minimum Gasteiger partial charge on any atom is -0.332 e. The van der Waals surface area contributed by atoms with E-state index in [2.05, 4.69) is 10.6 Å². The molecule has 0 aliphatic heterocycles. The van der Waals surface area contributed by atoms with Gasteiger partial charge in [-0.05, 0) is 41.2 Å². The number of non-ortho nitro benzene ring substituents is 1. The highest BCUT2D eigenvalue weighted by Crippen LogP contribution is 2.17. The summed E-state index contributed by atoms with van der Waals surface area (Å²) in [6.07, 6.45) is 0. The quantitative estimate of drug-likeness (QED) is 0.425. The fourth-order valence-corrected chi connectivity index (χ4v) is 2.58. The minimum absolute atomic E-state index is 0.0614. The number of hydrogen-bond donors (Lipinski definition) is 2. The lowest BCUT2D eigenvalue weighted by molar-refractivity contribution is -0.384. The zero-order chi connectivity index (χ0) is 17.8. The normalized spacial score (nSPS) is 10.2. The van der Waals surface area contributed by atoms with Crippen LogP contribution in [0.3, 0.4) is 0 Å². The van der Waals surface area contributed by atoms with E-state index in [-0.39, 0.29) is 16.7 Å². The number of nitrogens with one attached hydrogen (secondary N) is 2. The number of fused-ring (bicyclic) bond motifs is 1. The van der Waals surface area contributed by atoms with Crippen LogP contribution in [0, 0.1) is 10.1 Å². The molecule has 0 atom stereocenters. The fourth-order valence-electron chi connectivity index (χ4n) is 2.37. The van der Waals surface area contributed by atoms with Crippen molar-refractivity contribution in [3.63, 3.8) is 0 Å². The Morgan fingerprint density at radius 2 is 1.72 bits per heavy atom. The van der Waals surface area contributed by atoms with Crippen LogP contribution in [-0.4, -0.2) is 15.9 Å². The number of nitro groups is 1. The first-order chi connectivity index (χ1) is 12.0. The van der Waals surface area contributed by atoms with E-state index in [1.807, 2.05) is 30.3 Å². The topological polar surface area (TPSA) is 84.3 Å². The molecule has 6 nitrogen and oxygen atoms in total. The van der Waals surface area contributed by atoms with Gasteiger partial charge in [-0.2, -0.15) is 0 Å².